The van der Waals surface area contributed by atoms with E-state index in [2.05, 4.69) is 289 Å². The average Bonchev–Trinajstić information content (AvgIpc) is 4.07. The van der Waals surface area contributed by atoms with Gasteiger partial charge in [-0.05, 0) is 122 Å². The summed E-state index contributed by atoms with van der Waals surface area (Å²) in [5.74, 6) is 0. The Kier molecular flexibility index (Phi) is 10.8. The highest BCUT2D eigenvalue weighted by Crippen LogP contribution is 2.43. The third kappa shape index (κ3) is 7.86. The maximum atomic E-state index is 6.54. The number of nitrogens with zero attached hydrogens (tertiary/aromatic N) is 2. The van der Waals surface area contributed by atoms with E-state index in [1.165, 1.54) is 55.2 Å². The Morgan fingerprint density at radius 1 is 0.253 bits per heavy atom. The van der Waals surface area contributed by atoms with Crippen LogP contribution in [0.3, 0.4) is 0 Å². The molecule has 0 unspecified atom stereocenters. The molecule has 3 heteroatoms. The molecule has 0 aliphatic rings. The minimum Gasteiger partial charge on any atom is -0.455 e. The third-order valence-electron chi connectivity index (χ3n) is 14.9. The second-order valence-electron chi connectivity index (χ2n) is 19.2. The van der Waals surface area contributed by atoms with Crippen LogP contribution in [0, 0.1) is 0 Å². The van der Waals surface area contributed by atoms with E-state index >= 15 is 0 Å². The van der Waals surface area contributed by atoms with Crippen LogP contribution in [-0.2, 0) is 0 Å². The number of para-hydroxylation sites is 5. The van der Waals surface area contributed by atoms with Crippen LogP contribution in [0.2, 0.25) is 0 Å². The molecule has 0 bridgehead atoms. The fraction of sp³-hybridized carbons (Fsp3) is 0. The Morgan fingerprint density at radius 3 is 1.31 bits per heavy atom. The summed E-state index contributed by atoms with van der Waals surface area (Å²) in [6.45, 7) is 0. The minimum absolute atomic E-state index is 0.898. The van der Waals surface area contributed by atoms with Gasteiger partial charge in [0.25, 0.3) is 0 Å². The molecule has 352 valence electrons. The Hall–Kier alpha value is -9.96. The van der Waals surface area contributed by atoms with Crippen molar-refractivity contribution >= 4 is 60.8 Å². The summed E-state index contributed by atoms with van der Waals surface area (Å²) in [4.78, 5) is 2.36. The van der Waals surface area contributed by atoms with Gasteiger partial charge in [-0.1, -0.05) is 224 Å². The molecule has 75 heavy (non-hydrogen) atoms. The van der Waals surface area contributed by atoms with E-state index in [9.17, 15) is 0 Å². The number of furan rings is 1. The van der Waals surface area contributed by atoms with E-state index in [1.54, 1.807) is 0 Å². The molecule has 0 aliphatic carbocycles. The van der Waals surface area contributed by atoms with Gasteiger partial charge in [-0.2, -0.15) is 0 Å². The van der Waals surface area contributed by atoms with Crippen LogP contribution in [0.1, 0.15) is 0 Å². The van der Waals surface area contributed by atoms with Crippen molar-refractivity contribution in [3.05, 3.63) is 291 Å². The van der Waals surface area contributed by atoms with Gasteiger partial charge in [-0.25, -0.2) is 0 Å². The maximum absolute atomic E-state index is 6.54. The van der Waals surface area contributed by atoms with E-state index in [0.29, 0.717) is 0 Å². The third-order valence-corrected chi connectivity index (χ3v) is 14.9. The molecule has 0 aliphatic heterocycles. The summed E-state index contributed by atoms with van der Waals surface area (Å²) >= 11 is 0. The highest BCUT2D eigenvalue weighted by molar-refractivity contribution is 6.11. The zero-order valence-corrected chi connectivity index (χ0v) is 41.0. The van der Waals surface area contributed by atoms with Gasteiger partial charge >= 0.3 is 0 Å². The summed E-state index contributed by atoms with van der Waals surface area (Å²) < 4.78 is 8.95. The van der Waals surface area contributed by atoms with E-state index in [0.717, 1.165) is 78.1 Å². The van der Waals surface area contributed by atoms with Crippen LogP contribution in [0.25, 0.3) is 116 Å². The van der Waals surface area contributed by atoms with Gasteiger partial charge in [0.2, 0.25) is 0 Å². The molecule has 2 aromatic heterocycles. The molecule has 0 atom stereocenters. The smallest absolute Gasteiger partial charge is 0.143 e. The van der Waals surface area contributed by atoms with Crippen LogP contribution in [0.15, 0.2) is 296 Å². The SMILES string of the molecule is c1ccc(-c2ccc(-c3ccc(N(c4ccc(-c5cccc(-c6ccccc6-n6c7ccccc7c7ccccc76)c5)cc4)c4ccc(-c5ccccc5-c5cccc6c5oc5ccccc56)cc4)cc3)cc2)cc1. The molecule has 0 amide bonds. The van der Waals surface area contributed by atoms with Crippen molar-refractivity contribution in [2.75, 3.05) is 4.90 Å². The van der Waals surface area contributed by atoms with E-state index in [4.69, 9.17) is 4.42 Å². The first-order chi connectivity index (χ1) is 37.2. The zero-order chi connectivity index (χ0) is 49.7. The first kappa shape index (κ1) is 43.8. The van der Waals surface area contributed by atoms with E-state index in [1.807, 2.05) is 12.1 Å². The molecule has 2 heterocycles. The molecular formula is C72H48N2O. The van der Waals surface area contributed by atoms with Crippen molar-refractivity contribution in [2.24, 2.45) is 0 Å². The Bertz CT molecular complexity index is 4320. The molecule has 14 rings (SSSR count). The Labute approximate surface area is 436 Å². The molecule has 12 aromatic carbocycles. The molecule has 0 radical (unpaired) electrons. The maximum Gasteiger partial charge on any atom is 0.143 e. The van der Waals surface area contributed by atoms with Gasteiger partial charge in [0.1, 0.15) is 11.2 Å². The standard InChI is InChI=1S/C72H48N2O/c1-2-16-49(17-3-1)50-32-34-51(35-33-50)52-36-42-57(43-37-52)73(59-46-40-54(41-47-59)60-20-4-5-22-62(60)66-26-15-27-67-65-25-9-13-31-71(65)75-72(66)67)58-44-38-53(39-45-58)55-18-14-19-56(48-55)61-21-6-10-28-68(61)74-69-29-11-7-23-63(69)64-24-8-12-30-70(64)74/h1-48H. The van der Waals surface area contributed by atoms with Gasteiger partial charge < -0.3 is 13.9 Å². The second-order valence-corrected chi connectivity index (χ2v) is 19.2. The quantitative estimate of drug-likeness (QED) is 0.136. The average molecular weight is 957 g/mol. The highest BCUT2D eigenvalue weighted by atomic mass is 16.3. The van der Waals surface area contributed by atoms with Crippen molar-refractivity contribution in [2.45, 2.75) is 0 Å². The number of hydrogen-bond donors (Lipinski definition) is 0. The van der Waals surface area contributed by atoms with Crippen molar-refractivity contribution < 1.29 is 4.42 Å². The lowest BCUT2D eigenvalue weighted by Crippen LogP contribution is -2.09. The lowest BCUT2D eigenvalue weighted by Gasteiger charge is -2.26. The number of fused-ring (bicyclic) bond motifs is 6. The molecule has 0 N–H and O–H groups in total. The number of benzene rings is 12. The van der Waals surface area contributed by atoms with Crippen LogP contribution >= 0.6 is 0 Å². The van der Waals surface area contributed by atoms with Crippen LogP contribution in [0.4, 0.5) is 17.1 Å². The Morgan fingerprint density at radius 2 is 0.667 bits per heavy atom. The Balaban J connectivity index is 0.822. The molecule has 0 spiro atoms. The van der Waals surface area contributed by atoms with Crippen LogP contribution in [0.5, 0.6) is 0 Å². The normalized spacial score (nSPS) is 11.5. The molecule has 3 nitrogen and oxygen atoms in total. The van der Waals surface area contributed by atoms with Gasteiger partial charge in [0.15, 0.2) is 0 Å². The predicted molar refractivity (Wildman–Crippen MR) is 315 cm³/mol. The van der Waals surface area contributed by atoms with Gasteiger partial charge in [-0.15, -0.1) is 0 Å². The molecule has 0 saturated heterocycles. The largest absolute Gasteiger partial charge is 0.455 e. The number of anilines is 3. The van der Waals surface area contributed by atoms with E-state index < -0.39 is 0 Å². The monoisotopic (exact) mass is 956 g/mol. The molecule has 0 fully saturated rings. The first-order valence-corrected chi connectivity index (χ1v) is 25.6. The van der Waals surface area contributed by atoms with Crippen molar-refractivity contribution in [1.29, 1.82) is 0 Å². The highest BCUT2D eigenvalue weighted by Gasteiger charge is 2.19. The zero-order valence-electron chi connectivity index (χ0n) is 41.0. The fourth-order valence-electron chi connectivity index (χ4n) is 11.2. The molecule has 14 aromatic rings. The van der Waals surface area contributed by atoms with Crippen LogP contribution in [-0.4, -0.2) is 4.57 Å². The fourth-order valence-corrected chi connectivity index (χ4v) is 11.2. The topological polar surface area (TPSA) is 21.3 Å². The summed E-state index contributed by atoms with van der Waals surface area (Å²) in [5, 5.41) is 4.76. The van der Waals surface area contributed by atoms with Gasteiger partial charge in [0.05, 0.1) is 16.7 Å². The lowest BCUT2D eigenvalue weighted by molar-refractivity contribution is 0.670. The molecule has 0 saturated carbocycles. The summed E-state index contributed by atoms with van der Waals surface area (Å²) in [6.07, 6.45) is 0. The predicted octanol–water partition coefficient (Wildman–Crippen LogP) is 20.2. The summed E-state index contributed by atoms with van der Waals surface area (Å²) in [5.41, 5.74) is 22.5. The van der Waals surface area contributed by atoms with Crippen molar-refractivity contribution in [3.8, 4) is 72.4 Å². The van der Waals surface area contributed by atoms with E-state index in [-0.39, 0.29) is 0 Å². The van der Waals surface area contributed by atoms with Crippen molar-refractivity contribution in [3.63, 3.8) is 0 Å². The number of hydrogen-bond acceptors (Lipinski definition) is 2. The second kappa shape index (κ2) is 18.6. The number of rotatable bonds is 10. The first-order valence-electron chi connectivity index (χ1n) is 25.6. The number of aromatic nitrogens is 1. The molecular weight excluding hydrogens is 909 g/mol. The van der Waals surface area contributed by atoms with Gasteiger partial charge in [-0.3, -0.25) is 0 Å². The van der Waals surface area contributed by atoms with Crippen LogP contribution < -0.4 is 4.90 Å². The minimum atomic E-state index is 0.898. The summed E-state index contributed by atoms with van der Waals surface area (Å²) in [6, 6.07) is 105. The van der Waals surface area contributed by atoms with Crippen molar-refractivity contribution in [1.82, 2.24) is 4.57 Å². The van der Waals surface area contributed by atoms with Gasteiger partial charge in [0, 0.05) is 49.7 Å². The lowest BCUT2D eigenvalue weighted by atomic mass is 9.93. The summed E-state index contributed by atoms with van der Waals surface area (Å²) in [7, 11) is 0.